The van der Waals surface area contributed by atoms with Gasteiger partial charge in [0.05, 0.1) is 21.7 Å². The van der Waals surface area contributed by atoms with Gasteiger partial charge in [-0.05, 0) is 24.6 Å². The molecule has 0 saturated heterocycles. The fourth-order valence-electron chi connectivity index (χ4n) is 3.31. The number of aromatic nitrogens is 4. The van der Waals surface area contributed by atoms with Crippen molar-refractivity contribution in [1.29, 1.82) is 0 Å². The van der Waals surface area contributed by atoms with Crippen LogP contribution in [0.3, 0.4) is 0 Å². The molecule has 0 atom stereocenters. The highest BCUT2D eigenvalue weighted by Crippen LogP contribution is 2.29. The summed E-state index contributed by atoms with van der Waals surface area (Å²) in [5.74, 6) is 0. The number of aryl methyl sites for hydroxylation is 1. The lowest BCUT2D eigenvalue weighted by molar-refractivity contribution is -0.384. The van der Waals surface area contributed by atoms with E-state index in [1.54, 1.807) is 36.0 Å². The lowest BCUT2D eigenvalue weighted by atomic mass is 10.2. The van der Waals surface area contributed by atoms with E-state index in [9.17, 15) is 24.5 Å². The first kappa shape index (κ1) is 18.1. The SMILES string of the molecule is Cc1c(C=O)nc2c(=O)[nH]c3cc([N+](=O)[O-])c(-n4ccc(CNC=O)c4)cc3n12. The van der Waals surface area contributed by atoms with E-state index in [4.69, 9.17) is 0 Å². The number of fused-ring (bicyclic) bond motifs is 3. The first-order valence-corrected chi connectivity index (χ1v) is 8.47. The number of hydrogen-bond acceptors (Lipinski definition) is 6. The summed E-state index contributed by atoms with van der Waals surface area (Å²) in [5.41, 5.74) is 1.53. The van der Waals surface area contributed by atoms with E-state index in [0.29, 0.717) is 23.9 Å². The number of nitrogens with zero attached hydrogens (tertiary/aromatic N) is 4. The van der Waals surface area contributed by atoms with Gasteiger partial charge in [0.15, 0.2) is 6.29 Å². The normalized spacial score (nSPS) is 11.1. The molecule has 0 bridgehead atoms. The monoisotopic (exact) mass is 394 g/mol. The summed E-state index contributed by atoms with van der Waals surface area (Å²) in [6.45, 7) is 1.92. The fraction of sp³-hybridized carbons (Fsp3) is 0.111. The van der Waals surface area contributed by atoms with E-state index >= 15 is 0 Å². The van der Waals surface area contributed by atoms with Crippen molar-refractivity contribution < 1.29 is 14.5 Å². The minimum atomic E-state index is -0.557. The molecule has 0 radical (unpaired) electrons. The van der Waals surface area contributed by atoms with Crippen LogP contribution in [0.15, 0.2) is 35.4 Å². The lowest BCUT2D eigenvalue weighted by Crippen LogP contribution is -2.12. The van der Waals surface area contributed by atoms with Crippen molar-refractivity contribution in [3.8, 4) is 5.69 Å². The Morgan fingerprint density at radius 1 is 1.34 bits per heavy atom. The van der Waals surface area contributed by atoms with E-state index in [1.807, 2.05) is 0 Å². The van der Waals surface area contributed by atoms with Crippen molar-refractivity contribution in [2.24, 2.45) is 0 Å². The Balaban J connectivity index is 2.04. The highest BCUT2D eigenvalue weighted by molar-refractivity contribution is 5.86. The van der Waals surface area contributed by atoms with Gasteiger partial charge in [-0.25, -0.2) is 4.98 Å². The first-order valence-electron chi connectivity index (χ1n) is 8.47. The third kappa shape index (κ3) is 2.84. The molecule has 0 spiro atoms. The first-order chi connectivity index (χ1) is 13.9. The summed E-state index contributed by atoms with van der Waals surface area (Å²) in [4.78, 5) is 51.8. The van der Waals surface area contributed by atoms with Crippen molar-refractivity contribution >= 4 is 35.1 Å². The Morgan fingerprint density at radius 2 is 2.14 bits per heavy atom. The molecule has 0 unspecified atom stereocenters. The minimum absolute atomic E-state index is 0.0280. The lowest BCUT2D eigenvalue weighted by Gasteiger charge is -2.09. The number of nitro benzene ring substituents is 1. The average molecular weight is 394 g/mol. The number of H-pyrrole nitrogens is 1. The third-order valence-corrected chi connectivity index (χ3v) is 4.66. The summed E-state index contributed by atoms with van der Waals surface area (Å²) in [7, 11) is 0. The molecular formula is C18H14N6O5. The number of carbonyl (C=O) groups excluding carboxylic acids is 2. The molecule has 1 aromatic carbocycles. The van der Waals surface area contributed by atoms with Crippen molar-refractivity contribution in [3.63, 3.8) is 0 Å². The zero-order valence-corrected chi connectivity index (χ0v) is 15.1. The van der Waals surface area contributed by atoms with E-state index < -0.39 is 10.5 Å². The summed E-state index contributed by atoms with van der Waals surface area (Å²) in [6, 6.07) is 4.55. The smallest absolute Gasteiger partial charge is 0.295 e. The molecular weight excluding hydrogens is 380 g/mol. The molecule has 29 heavy (non-hydrogen) atoms. The van der Waals surface area contributed by atoms with Gasteiger partial charge in [0, 0.05) is 25.0 Å². The second-order valence-corrected chi connectivity index (χ2v) is 6.35. The van der Waals surface area contributed by atoms with Crippen molar-refractivity contribution in [1.82, 2.24) is 24.3 Å². The number of nitro groups is 1. The van der Waals surface area contributed by atoms with Crippen LogP contribution in [-0.2, 0) is 11.3 Å². The van der Waals surface area contributed by atoms with E-state index in [0.717, 1.165) is 5.56 Å². The maximum Gasteiger partial charge on any atom is 0.295 e. The Hall–Kier alpha value is -4.28. The Morgan fingerprint density at radius 3 is 2.83 bits per heavy atom. The van der Waals surface area contributed by atoms with Gasteiger partial charge < -0.3 is 14.9 Å². The molecule has 0 saturated carbocycles. The van der Waals surface area contributed by atoms with Crippen molar-refractivity contribution in [2.45, 2.75) is 13.5 Å². The summed E-state index contributed by atoms with van der Waals surface area (Å²) < 4.78 is 3.06. The second-order valence-electron chi connectivity index (χ2n) is 6.35. The van der Waals surface area contributed by atoms with E-state index in [1.165, 1.54) is 10.5 Å². The number of rotatable bonds is 6. The molecule has 11 nitrogen and oxygen atoms in total. The Bertz CT molecular complexity index is 1360. The van der Waals surface area contributed by atoms with Crippen LogP contribution in [0, 0.1) is 17.0 Å². The van der Waals surface area contributed by atoms with Crippen LogP contribution >= 0.6 is 0 Å². The molecule has 0 aliphatic carbocycles. The van der Waals surface area contributed by atoms with Gasteiger partial charge in [-0.15, -0.1) is 0 Å². The largest absolute Gasteiger partial charge is 0.355 e. The highest BCUT2D eigenvalue weighted by Gasteiger charge is 2.21. The molecule has 2 N–H and O–H groups in total. The maximum absolute atomic E-state index is 12.3. The van der Waals surface area contributed by atoms with Crippen LogP contribution in [0.25, 0.3) is 22.4 Å². The van der Waals surface area contributed by atoms with Crippen LogP contribution in [0.4, 0.5) is 5.69 Å². The van der Waals surface area contributed by atoms with Crippen LogP contribution in [0.1, 0.15) is 21.7 Å². The number of imidazole rings is 1. The quantitative estimate of drug-likeness (QED) is 0.286. The van der Waals surface area contributed by atoms with Gasteiger partial charge >= 0.3 is 0 Å². The van der Waals surface area contributed by atoms with Gasteiger partial charge in [0.25, 0.3) is 11.2 Å². The number of hydrogen-bond donors (Lipinski definition) is 2. The molecule has 0 fully saturated rings. The molecule has 4 aromatic rings. The number of benzene rings is 1. The van der Waals surface area contributed by atoms with Crippen LogP contribution in [0.2, 0.25) is 0 Å². The number of aldehydes is 1. The van der Waals surface area contributed by atoms with Gasteiger partial charge in [-0.3, -0.25) is 28.9 Å². The van der Waals surface area contributed by atoms with Crippen LogP contribution < -0.4 is 10.9 Å². The molecule has 4 rings (SSSR count). The zero-order valence-electron chi connectivity index (χ0n) is 15.1. The van der Waals surface area contributed by atoms with Crippen molar-refractivity contribution in [2.75, 3.05) is 0 Å². The molecule has 146 valence electrons. The Kier molecular flexibility index (Phi) is 4.19. The summed E-state index contributed by atoms with van der Waals surface area (Å²) in [5, 5.41) is 14.2. The fourth-order valence-corrected chi connectivity index (χ4v) is 3.31. The topological polar surface area (TPSA) is 144 Å². The van der Waals surface area contributed by atoms with Gasteiger partial charge in [-0.1, -0.05) is 0 Å². The predicted octanol–water partition coefficient (Wildman–Crippen LogP) is 1.24. The van der Waals surface area contributed by atoms with Gasteiger partial charge in [0.1, 0.15) is 11.4 Å². The molecule has 0 aliphatic heterocycles. The molecule has 0 aliphatic rings. The minimum Gasteiger partial charge on any atom is -0.355 e. The van der Waals surface area contributed by atoms with E-state index in [-0.39, 0.29) is 34.8 Å². The average Bonchev–Trinajstić information content (AvgIpc) is 3.30. The highest BCUT2D eigenvalue weighted by atomic mass is 16.6. The standard InChI is InChI=1S/C18H14N6O5/c1-10-13(8-25)20-17-18(27)21-12-4-16(24(28)29)15(5-14(12)23(10)17)22-3-2-11(7-22)6-19-9-26/h2-5,7-9H,6H2,1H3,(H,19,26)(H,21,27). The Labute approximate surface area is 161 Å². The predicted molar refractivity (Wildman–Crippen MR) is 102 cm³/mol. The zero-order chi connectivity index (χ0) is 20.7. The molecule has 3 aromatic heterocycles. The number of nitrogens with one attached hydrogen (secondary N) is 2. The van der Waals surface area contributed by atoms with Crippen LogP contribution in [-0.4, -0.2) is 36.6 Å². The molecule has 1 amide bonds. The van der Waals surface area contributed by atoms with Crippen LogP contribution in [0.5, 0.6) is 0 Å². The van der Waals surface area contributed by atoms with Crippen molar-refractivity contribution in [3.05, 3.63) is 68.0 Å². The summed E-state index contributed by atoms with van der Waals surface area (Å²) >= 11 is 0. The molecule has 11 heteroatoms. The third-order valence-electron chi connectivity index (χ3n) is 4.66. The van der Waals surface area contributed by atoms with Gasteiger partial charge in [0.2, 0.25) is 12.1 Å². The second kappa shape index (κ2) is 6.71. The molecule has 3 heterocycles. The number of carbonyl (C=O) groups is 2. The van der Waals surface area contributed by atoms with E-state index in [2.05, 4.69) is 15.3 Å². The number of aromatic amines is 1. The summed E-state index contributed by atoms with van der Waals surface area (Å²) in [6.07, 6.45) is 4.41. The van der Waals surface area contributed by atoms with Gasteiger partial charge in [-0.2, -0.15) is 0 Å². The maximum atomic E-state index is 12.3. The number of amides is 1.